The summed E-state index contributed by atoms with van der Waals surface area (Å²) < 4.78 is 27.1. The molecule has 0 spiro atoms. The number of nitro groups is 1. The van der Waals surface area contributed by atoms with E-state index in [2.05, 4.69) is 33.9 Å². The van der Waals surface area contributed by atoms with E-state index in [1.54, 1.807) is 0 Å². The zero-order valence-electron chi connectivity index (χ0n) is 16.4. The van der Waals surface area contributed by atoms with E-state index in [1.165, 1.54) is 61.2 Å². The van der Waals surface area contributed by atoms with Gasteiger partial charge in [-0.05, 0) is 55.5 Å². The molecule has 0 unspecified atom stereocenters. The van der Waals surface area contributed by atoms with Crippen molar-refractivity contribution in [2.45, 2.75) is 43.4 Å². The number of benzene rings is 2. The Morgan fingerprint density at radius 2 is 1.55 bits per heavy atom. The van der Waals surface area contributed by atoms with Crippen molar-refractivity contribution in [3.63, 3.8) is 0 Å². The van der Waals surface area contributed by atoms with Crippen LogP contribution >= 0.6 is 0 Å². The Morgan fingerprint density at radius 1 is 0.931 bits per heavy atom. The number of sulfonamides is 1. The fourth-order valence-corrected chi connectivity index (χ4v) is 4.61. The minimum absolute atomic E-state index is 0.0323. The maximum absolute atomic E-state index is 12.3. The SMILES string of the molecule is O=[N+]([O-])c1ccc(S(=O)(=O)NCCCc2ccc(N3CCCCCC3)cc2)cc1. The average molecular weight is 418 g/mol. The van der Waals surface area contributed by atoms with E-state index in [1.807, 2.05) is 0 Å². The molecule has 1 N–H and O–H groups in total. The second-order valence-corrected chi connectivity index (χ2v) is 9.09. The summed E-state index contributed by atoms with van der Waals surface area (Å²) in [7, 11) is -3.66. The number of non-ortho nitro benzene ring substituents is 1. The van der Waals surface area contributed by atoms with Gasteiger partial charge in [-0.2, -0.15) is 0 Å². The first kappa shape index (κ1) is 21.3. The predicted molar refractivity (Wildman–Crippen MR) is 114 cm³/mol. The topological polar surface area (TPSA) is 92.5 Å². The third-order valence-electron chi connectivity index (χ3n) is 5.20. The quantitative estimate of drug-likeness (QED) is 0.400. The summed E-state index contributed by atoms with van der Waals surface area (Å²) in [5, 5.41) is 10.7. The second-order valence-electron chi connectivity index (χ2n) is 7.32. The molecular formula is C21H27N3O4S. The molecule has 29 heavy (non-hydrogen) atoms. The van der Waals surface area contributed by atoms with Gasteiger partial charge in [0.05, 0.1) is 9.82 Å². The fourth-order valence-electron chi connectivity index (χ4n) is 3.53. The van der Waals surface area contributed by atoms with E-state index in [0.29, 0.717) is 13.0 Å². The molecule has 1 aliphatic heterocycles. The van der Waals surface area contributed by atoms with Crippen LogP contribution in [0.5, 0.6) is 0 Å². The van der Waals surface area contributed by atoms with Gasteiger partial charge in [0.1, 0.15) is 0 Å². The largest absolute Gasteiger partial charge is 0.372 e. The van der Waals surface area contributed by atoms with E-state index in [9.17, 15) is 18.5 Å². The van der Waals surface area contributed by atoms with E-state index in [4.69, 9.17) is 0 Å². The minimum Gasteiger partial charge on any atom is -0.372 e. The number of nitro benzene ring substituents is 1. The molecule has 0 saturated carbocycles. The Bertz CT molecular complexity index is 904. The maximum atomic E-state index is 12.3. The van der Waals surface area contributed by atoms with Crippen LogP contribution in [0.1, 0.15) is 37.7 Å². The molecule has 0 aliphatic carbocycles. The number of aryl methyl sites for hydroxylation is 1. The van der Waals surface area contributed by atoms with Gasteiger partial charge in [-0.25, -0.2) is 13.1 Å². The molecule has 0 amide bonds. The average Bonchev–Trinajstić information content (AvgIpc) is 3.01. The highest BCUT2D eigenvalue weighted by atomic mass is 32.2. The molecule has 0 atom stereocenters. The Morgan fingerprint density at radius 3 is 2.14 bits per heavy atom. The van der Waals surface area contributed by atoms with Crippen molar-refractivity contribution in [2.24, 2.45) is 0 Å². The first-order chi connectivity index (χ1) is 14.0. The summed E-state index contributed by atoms with van der Waals surface area (Å²) in [5.41, 5.74) is 2.31. The summed E-state index contributed by atoms with van der Waals surface area (Å²) in [4.78, 5) is 12.6. The molecule has 1 fully saturated rings. The first-order valence-electron chi connectivity index (χ1n) is 10.0. The third-order valence-corrected chi connectivity index (χ3v) is 6.68. The van der Waals surface area contributed by atoms with Crippen LogP contribution in [0.25, 0.3) is 0 Å². The van der Waals surface area contributed by atoms with Crippen molar-refractivity contribution in [1.29, 1.82) is 0 Å². The molecule has 7 nitrogen and oxygen atoms in total. The highest BCUT2D eigenvalue weighted by molar-refractivity contribution is 7.89. The Balaban J connectivity index is 1.47. The molecular weight excluding hydrogens is 390 g/mol. The molecule has 0 aromatic heterocycles. The van der Waals surface area contributed by atoms with Crippen molar-refractivity contribution >= 4 is 21.4 Å². The summed E-state index contributed by atoms with van der Waals surface area (Å²) >= 11 is 0. The van der Waals surface area contributed by atoms with Gasteiger partial charge in [0.2, 0.25) is 10.0 Å². The summed E-state index contributed by atoms with van der Waals surface area (Å²) in [6.07, 6.45) is 6.57. The number of nitrogens with zero attached hydrogens (tertiary/aromatic N) is 2. The molecule has 0 bridgehead atoms. The maximum Gasteiger partial charge on any atom is 0.269 e. The molecule has 1 saturated heterocycles. The number of hydrogen-bond acceptors (Lipinski definition) is 5. The van der Waals surface area contributed by atoms with E-state index >= 15 is 0 Å². The normalized spacial score (nSPS) is 15.1. The van der Waals surface area contributed by atoms with Crippen molar-refractivity contribution < 1.29 is 13.3 Å². The number of rotatable bonds is 8. The van der Waals surface area contributed by atoms with Crippen LogP contribution in [0.15, 0.2) is 53.4 Å². The second kappa shape index (κ2) is 9.84. The van der Waals surface area contributed by atoms with Gasteiger partial charge in [0.15, 0.2) is 0 Å². The fraction of sp³-hybridized carbons (Fsp3) is 0.429. The van der Waals surface area contributed by atoms with Crippen LogP contribution in [0.3, 0.4) is 0 Å². The van der Waals surface area contributed by atoms with Crippen LogP contribution in [-0.2, 0) is 16.4 Å². The van der Waals surface area contributed by atoms with Gasteiger partial charge < -0.3 is 4.90 Å². The van der Waals surface area contributed by atoms with Crippen molar-refractivity contribution in [3.8, 4) is 0 Å². The summed E-state index contributed by atoms with van der Waals surface area (Å²) in [6, 6.07) is 13.4. The highest BCUT2D eigenvalue weighted by Gasteiger charge is 2.15. The van der Waals surface area contributed by atoms with E-state index in [0.717, 1.165) is 19.5 Å². The number of anilines is 1. The van der Waals surface area contributed by atoms with E-state index < -0.39 is 14.9 Å². The minimum atomic E-state index is -3.66. The van der Waals surface area contributed by atoms with Crippen molar-refractivity contribution in [3.05, 3.63) is 64.2 Å². The monoisotopic (exact) mass is 417 g/mol. The molecule has 156 valence electrons. The molecule has 1 aliphatic rings. The lowest BCUT2D eigenvalue weighted by atomic mass is 10.1. The van der Waals surface area contributed by atoms with Gasteiger partial charge in [-0.1, -0.05) is 25.0 Å². The molecule has 2 aromatic carbocycles. The van der Waals surface area contributed by atoms with E-state index in [-0.39, 0.29) is 10.6 Å². The molecule has 8 heteroatoms. The Labute approximate surface area is 171 Å². The lowest BCUT2D eigenvalue weighted by molar-refractivity contribution is -0.384. The van der Waals surface area contributed by atoms with Crippen LogP contribution in [0, 0.1) is 10.1 Å². The molecule has 3 rings (SSSR count). The Kier molecular flexibility index (Phi) is 7.22. The van der Waals surface area contributed by atoms with Crippen LogP contribution in [0.2, 0.25) is 0 Å². The van der Waals surface area contributed by atoms with Crippen molar-refractivity contribution in [2.75, 3.05) is 24.5 Å². The van der Waals surface area contributed by atoms with Crippen LogP contribution in [0.4, 0.5) is 11.4 Å². The van der Waals surface area contributed by atoms with Crippen LogP contribution in [-0.4, -0.2) is 33.0 Å². The van der Waals surface area contributed by atoms with Gasteiger partial charge in [-0.15, -0.1) is 0 Å². The first-order valence-corrected chi connectivity index (χ1v) is 11.5. The molecule has 2 aromatic rings. The van der Waals surface area contributed by atoms with Crippen LogP contribution < -0.4 is 9.62 Å². The molecule has 1 heterocycles. The standard InChI is InChI=1S/C21H27N3O4S/c25-24(26)20-11-13-21(14-12-20)29(27,28)22-15-5-6-18-7-9-19(10-8-18)23-16-3-1-2-4-17-23/h7-14,22H,1-6,15-17H2. The van der Waals surface area contributed by atoms with Gasteiger partial charge in [0.25, 0.3) is 5.69 Å². The van der Waals surface area contributed by atoms with Crippen molar-refractivity contribution in [1.82, 2.24) is 4.72 Å². The lowest BCUT2D eigenvalue weighted by Gasteiger charge is -2.22. The molecule has 0 radical (unpaired) electrons. The lowest BCUT2D eigenvalue weighted by Crippen LogP contribution is -2.25. The smallest absolute Gasteiger partial charge is 0.269 e. The zero-order chi connectivity index (χ0) is 20.7. The zero-order valence-corrected chi connectivity index (χ0v) is 17.2. The Hall–Kier alpha value is -2.45. The summed E-state index contributed by atoms with van der Waals surface area (Å²) in [5.74, 6) is 0. The third kappa shape index (κ3) is 6.01. The number of nitrogens with one attached hydrogen (secondary N) is 1. The van der Waals surface area contributed by atoms with Gasteiger partial charge >= 0.3 is 0 Å². The predicted octanol–water partition coefficient (Wildman–Crippen LogP) is 3.89. The summed E-state index contributed by atoms with van der Waals surface area (Å²) in [6.45, 7) is 2.54. The van der Waals surface area contributed by atoms with Gasteiger partial charge in [0, 0.05) is 37.5 Å². The van der Waals surface area contributed by atoms with Gasteiger partial charge in [-0.3, -0.25) is 10.1 Å². The number of hydrogen-bond donors (Lipinski definition) is 1. The highest BCUT2D eigenvalue weighted by Crippen LogP contribution is 2.20.